The van der Waals surface area contributed by atoms with E-state index in [1.54, 1.807) is 24.3 Å². The van der Waals surface area contributed by atoms with Gasteiger partial charge in [-0.2, -0.15) is 0 Å². The van der Waals surface area contributed by atoms with Crippen LogP contribution in [0.15, 0.2) is 54.7 Å². The average molecular weight is 572 g/mol. The van der Waals surface area contributed by atoms with E-state index in [4.69, 9.17) is 0 Å². The Balaban J connectivity index is 1.78. The monoisotopic (exact) mass is 569 g/mol. The summed E-state index contributed by atoms with van der Waals surface area (Å²) in [6.45, 7) is -0.0525. The molecule has 0 radical (unpaired) electrons. The number of benzene rings is 2. The maximum absolute atomic E-state index is 13.1. The predicted octanol–water partition coefficient (Wildman–Crippen LogP) is 4.56. The summed E-state index contributed by atoms with van der Waals surface area (Å²) in [6, 6.07) is 9.40. The van der Waals surface area contributed by atoms with Crippen molar-refractivity contribution in [2.24, 2.45) is 5.41 Å². The molecule has 0 spiro atoms. The fourth-order valence-electron chi connectivity index (χ4n) is 3.04. The van der Waals surface area contributed by atoms with Crippen LogP contribution < -0.4 is 4.72 Å². The molecule has 0 heterocycles. The molecular weight excluding hydrogens is 557 g/mol. The van der Waals surface area contributed by atoms with E-state index in [0.717, 1.165) is 10.0 Å². The number of rotatable bonds is 6. The fraction of sp³-hybridized carbons (Fsp3) is 0.294. The maximum Gasteiger partial charge on any atom is 0.242 e. The first kappa shape index (κ1) is 20.4. The van der Waals surface area contributed by atoms with Gasteiger partial charge >= 0.3 is 0 Å². The number of hydrogen-bond donors (Lipinski definition) is 2. The molecule has 2 N–H and O–H groups in total. The SMILES string of the molecule is O=S(=O)(NCC1(CO)CC1c1ccc(F)cc1)c1c(Br)cc(Br)cc1Br. The van der Waals surface area contributed by atoms with E-state index in [9.17, 15) is 17.9 Å². The smallest absolute Gasteiger partial charge is 0.242 e. The number of hydrogen-bond acceptors (Lipinski definition) is 3. The normalized spacial score (nSPS) is 22.4. The Hall–Kier alpha value is -0.320. The van der Waals surface area contributed by atoms with Crippen LogP contribution >= 0.6 is 47.8 Å². The van der Waals surface area contributed by atoms with Crippen molar-refractivity contribution in [3.05, 3.63) is 61.2 Å². The van der Waals surface area contributed by atoms with Gasteiger partial charge in [-0.1, -0.05) is 28.1 Å². The summed E-state index contributed by atoms with van der Waals surface area (Å²) < 4.78 is 42.8. The molecule has 1 fully saturated rings. The Bertz CT molecular complexity index is 914. The molecule has 140 valence electrons. The minimum atomic E-state index is -3.79. The van der Waals surface area contributed by atoms with Crippen LogP contribution in [0.2, 0.25) is 0 Å². The van der Waals surface area contributed by atoms with E-state index in [1.807, 2.05) is 0 Å². The molecule has 0 aromatic heterocycles. The van der Waals surface area contributed by atoms with E-state index in [1.165, 1.54) is 12.1 Å². The van der Waals surface area contributed by atoms with Crippen molar-refractivity contribution < 1.29 is 17.9 Å². The molecule has 1 aliphatic carbocycles. The fourth-order valence-corrected chi connectivity index (χ4v) is 7.83. The lowest BCUT2D eigenvalue weighted by Gasteiger charge is -2.17. The summed E-state index contributed by atoms with van der Waals surface area (Å²) in [6.07, 6.45) is 0.639. The van der Waals surface area contributed by atoms with Gasteiger partial charge in [0.05, 0.1) is 6.61 Å². The first-order chi connectivity index (χ1) is 12.2. The molecular formula is C17H15Br3FNO3S. The van der Waals surface area contributed by atoms with Gasteiger partial charge in [0.2, 0.25) is 10.0 Å². The van der Waals surface area contributed by atoms with Crippen LogP contribution in [0.1, 0.15) is 17.9 Å². The molecule has 2 aromatic rings. The number of nitrogens with one attached hydrogen (secondary N) is 1. The highest BCUT2D eigenvalue weighted by Crippen LogP contribution is 2.58. The van der Waals surface area contributed by atoms with Crippen LogP contribution in [0, 0.1) is 11.2 Å². The Morgan fingerprint density at radius 1 is 1.15 bits per heavy atom. The third-order valence-electron chi connectivity index (χ3n) is 4.62. The molecule has 2 aromatic carbocycles. The molecule has 26 heavy (non-hydrogen) atoms. The molecule has 2 atom stereocenters. The van der Waals surface area contributed by atoms with Crippen molar-refractivity contribution in [2.45, 2.75) is 17.2 Å². The highest BCUT2D eigenvalue weighted by Gasteiger charge is 2.54. The first-order valence-electron chi connectivity index (χ1n) is 7.69. The molecule has 1 aliphatic rings. The zero-order chi connectivity index (χ0) is 19.1. The predicted molar refractivity (Wildman–Crippen MR) is 108 cm³/mol. The van der Waals surface area contributed by atoms with Crippen molar-refractivity contribution in [2.75, 3.05) is 13.2 Å². The number of halogens is 4. The van der Waals surface area contributed by atoms with Crippen molar-refractivity contribution in [3.63, 3.8) is 0 Å². The Kier molecular flexibility index (Phi) is 5.97. The standard InChI is InChI=1S/C17H15Br3FNO3S/c18-11-5-14(19)16(15(20)6-11)26(24,25)22-8-17(9-23)7-13(17)10-1-3-12(21)4-2-10/h1-6,13,22-23H,7-9H2. The van der Waals surface area contributed by atoms with Crippen LogP contribution in [0.5, 0.6) is 0 Å². The summed E-state index contributed by atoms with van der Waals surface area (Å²) >= 11 is 9.87. The molecule has 4 nitrogen and oxygen atoms in total. The molecule has 0 aliphatic heterocycles. The zero-order valence-corrected chi connectivity index (χ0v) is 18.9. The maximum atomic E-state index is 13.1. The van der Waals surface area contributed by atoms with Crippen molar-refractivity contribution in [3.8, 4) is 0 Å². The molecule has 3 rings (SSSR count). The van der Waals surface area contributed by atoms with Crippen molar-refractivity contribution in [1.82, 2.24) is 4.72 Å². The van der Waals surface area contributed by atoms with Crippen LogP contribution in [-0.2, 0) is 10.0 Å². The number of aliphatic hydroxyl groups is 1. The third-order valence-corrected chi connectivity index (χ3v) is 8.36. The van der Waals surface area contributed by atoms with Crippen LogP contribution in [0.4, 0.5) is 4.39 Å². The highest BCUT2D eigenvalue weighted by molar-refractivity contribution is 9.11. The topological polar surface area (TPSA) is 66.4 Å². The van der Waals surface area contributed by atoms with E-state index in [0.29, 0.717) is 15.4 Å². The first-order valence-corrected chi connectivity index (χ1v) is 11.6. The molecule has 2 unspecified atom stereocenters. The molecule has 0 amide bonds. The summed E-state index contributed by atoms with van der Waals surface area (Å²) in [7, 11) is -3.79. The minimum absolute atomic E-state index is 0.00685. The Morgan fingerprint density at radius 3 is 2.27 bits per heavy atom. The van der Waals surface area contributed by atoms with Gasteiger partial charge in [-0.25, -0.2) is 17.5 Å². The largest absolute Gasteiger partial charge is 0.396 e. The minimum Gasteiger partial charge on any atom is -0.396 e. The van der Waals surface area contributed by atoms with Crippen molar-refractivity contribution >= 4 is 57.8 Å². The van der Waals surface area contributed by atoms with Gasteiger partial charge in [0.25, 0.3) is 0 Å². The second kappa shape index (κ2) is 7.60. The molecule has 0 bridgehead atoms. The summed E-state index contributed by atoms with van der Waals surface area (Å²) in [5.41, 5.74) is 0.324. The summed E-state index contributed by atoms with van der Waals surface area (Å²) in [4.78, 5) is 0.104. The zero-order valence-electron chi connectivity index (χ0n) is 13.3. The van der Waals surface area contributed by atoms with Gasteiger partial charge in [0.15, 0.2) is 0 Å². The van der Waals surface area contributed by atoms with Gasteiger partial charge in [0.1, 0.15) is 10.7 Å². The van der Waals surface area contributed by atoms with Gasteiger partial charge in [-0.3, -0.25) is 0 Å². The Morgan fingerprint density at radius 2 is 1.73 bits per heavy atom. The molecule has 9 heteroatoms. The van der Waals surface area contributed by atoms with Gasteiger partial charge in [-0.15, -0.1) is 0 Å². The average Bonchev–Trinajstić information content (AvgIpc) is 3.28. The van der Waals surface area contributed by atoms with Crippen LogP contribution in [-0.4, -0.2) is 26.7 Å². The summed E-state index contributed by atoms with van der Waals surface area (Å²) in [5, 5.41) is 9.82. The van der Waals surface area contributed by atoms with Crippen LogP contribution in [0.25, 0.3) is 0 Å². The van der Waals surface area contributed by atoms with Crippen LogP contribution in [0.3, 0.4) is 0 Å². The van der Waals surface area contributed by atoms with Crippen molar-refractivity contribution in [1.29, 1.82) is 0 Å². The lowest BCUT2D eigenvalue weighted by atomic mass is 10.0. The quantitative estimate of drug-likeness (QED) is 0.534. The lowest BCUT2D eigenvalue weighted by Crippen LogP contribution is -2.33. The third kappa shape index (κ3) is 4.07. The van der Waals surface area contributed by atoms with E-state index >= 15 is 0 Å². The number of aliphatic hydroxyl groups excluding tert-OH is 1. The van der Waals surface area contributed by atoms with Gasteiger partial charge in [-0.05, 0) is 74.0 Å². The second-order valence-electron chi connectivity index (χ2n) is 6.35. The van der Waals surface area contributed by atoms with E-state index in [2.05, 4.69) is 52.5 Å². The number of sulfonamides is 1. The van der Waals surface area contributed by atoms with Gasteiger partial charge in [0, 0.05) is 25.4 Å². The highest BCUT2D eigenvalue weighted by atomic mass is 79.9. The van der Waals surface area contributed by atoms with E-state index < -0.39 is 15.4 Å². The second-order valence-corrected chi connectivity index (χ2v) is 10.7. The summed E-state index contributed by atoms with van der Waals surface area (Å²) in [5.74, 6) is -0.331. The lowest BCUT2D eigenvalue weighted by molar-refractivity contribution is 0.208. The molecule has 0 saturated heterocycles. The van der Waals surface area contributed by atoms with E-state index in [-0.39, 0.29) is 29.8 Å². The van der Waals surface area contributed by atoms with Gasteiger partial charge < -0.3 is 5.11 Å². The Labute approximate surface area is 176 Å². The molecule has 1 saturated carbocycles.